The average Bonchev–Trinajstić information content (AvgIpc) is 2.98. The van der Waals surface area contributed by atoms with Crippen LogP contribution in [0.3, 0.4) is 0 Å². The van der Waals surface area contributed by atoms with Gasteiger partial charge in [0.25, 0.3) is 0 Å². The lowest BCUT2D eigenvalue weighted by Gasteiger charge is -2.50. The molecule has 4 rings (SSSR count). The van der Waals surface area contributed by atoms with Crippen LogP contribution in [-0.4, -0.2) is 28.1 Å². The predicted octanol–water partition coefficient (Wildman–Crippen LogP) is 6.03. The number of halogens is 2. The van der Waals surface area contributed by atoms with Crippen LogP contribution in [0.4, 0.5) is 4.39 Å². The van der Waals surface area contributed by atoms with Crippen LogP contribution in [0.2, 0.25) is 0 Å². The molecule has 0 fully saturated rings. The molecule has 2 nitrogen and oxygen atoms in total. The van der Waals surface area contributed by atoms with E-state index in [0.29, 0.717) is 6.54 Å². The van der Waals surface area contributed by atoms with Crippen molar-refractivity contribution in [2.45, 2.75) is 51.4 Å². The summed E-state index contributed by atoms with van der Waals surface area (Å²) >= 11 is 2.33. The van der Waals surface area contributed by atoms with Gasteiger partial charge in [0.15, 0.2) is 0 Å². The molecule has 1 N–H and O–H groups in total. The summed E-state index contributed by atoms with van der Waals surface area (Å²) in [4.78, 5) is 6.03. The van der Waals surface area contributed by atoms with Crippen LogP contribution in [0, 0.1) is 3.57 Å². The lowest BCUT2D eigenvalue weighted by atomic mass is 9.77. The molecule has 2 heterocycles. The molecule has 0 unspecified atom stereocenters. The monoisotopic (exact) mass is 476 g/mol. The predicted molar refractivity (Wildman–Crippen MR) is 119 cm³/mol. The van der Waals surface area contributed by atoms with Crippen molar-refractivity contribution in [2.75, 3.05) is 6.54 Å². The summed E-state index contributed by atoms with van der Waals surface area (Å²) in [6, 6.07) is 17.4. The third kappa shape index (κ3) is 3.21. The van der Waals surface area contributed by atoms with Gasteiger partial charge < -0.3 is 4.98 Å². The minimum Gasteiger partial charge on any atom is -0.356 e. The SMILES string of the molecule is C[C@@H]1Cc2c([nH]c3ccccc23)[C@@](C)(c2ccc(I)cc2)N1CC(C)(C)F. The van der Waals surface area contributed by atoms with Crippen molar-refractivity contribution in [3.05, 3.63) is 68.9 Å². The molecule has 0 amide bonds. The van der Waals surface area contributed by atoms with Gasteiger partial charge in [-0.05, 0) is 86.0 Å². The van der Waals surface area contributed by atoms with E-state index in [2.05, 4.69) is 94.9 Å². The zero-order valence-electron chi connectivity index (χ0n) is 16.3. The highest BCUT2D eigenvalue weighted by molar-refractivity contribution is 14.1. The quantitative estimate of drug-likeness (QED) is 0.458. The lowest BCUT2D eigenvalue weighted by Crippen LogP contribution is -2.57. The van der Waals surface area contributed by atoms with Gasteiger partial charge in [-0.2, -0.15) is 0 Å². The molecule has 2 atom stereocenters. The second kappa shape index (κ2) is 6.59. The summed E-state index contributed by atoms with van der Waals surface area (Å²) < 4.78 is 16.0. The standard InChI is InChI=1S/C23H26FIN2/c1-15-13-19-18-7-5-6-8-20(18)26-21(19)23(4,27(15)14-22(2,3)24)16-9-11-17(25)12-10-16/h5-12,15,26H,13-14H2,1-4H3/t15-,23-/m1/s1. The van der Waals surface area contributed by atoms with Gasteiger partial charge in [0.05, 0.1) is 5.54 Å². The van der Waals surface area contributed by atoms with Gasteiger partial charge in [-0.15, -0.1) is 0 Å². The normalized spacial score (nSPS) is 23.6. The molecule has 1 aromatic heterocycles. The van der Waals surface area contributed by atoms with E-state index < -0.39 is 11.2 Å². The number of fused-ring (bicyclic) bond motifs is 3. The fourth-order valence-corrected chi connectivity index (χ4v) is 4.98. The zero-order chi connectivity index (χ0) is 19.4. The third-order valence-corrected chi connectivity index (χ3v) is 6.58. The fourth-order valence-electron chi connectivity index (χ4n) is 4.62. The van der Waals surface area contributed by atoms with E-state index in [1.165, 1.54) is 25.8 Å². The molecule has 0 saturated heterocycles. The Hall–Kier alpha value is -1.40. The van der Waals surface area contributed by atoms with E-state index >= 15 is 0 Å². The molecule has 0 saturated carbocycles. The van der Waals surface area contributed by atoms with Gasteiger partial charge in [0, 0.05) is 32.8 Å². The van der Waals surface area contributed by atoms with Crippen LogP contribution in [-0.2, 0) is 12.0 Å². The third-order valence-electron chi connectivity index (χ3n) is 5.86. The maximum atomic E-state index is 14.8. The highest BCUT2D eigenvalue weighted by atomic mass is 127. The molecule has 1 aliphatic heterocycles. The van der Waals surface area contributed by atoms with Crippen LogP contribution in [0.1, 0.15) is 44.5 Å². The number of rotatable bonds is 3. The number of nitrogens with zero attached hydrogens (tertiary/aromatic N) is 1. The van der Waals surface area contributed by atoms with E-state index in [1.54, 1.807) is 13.8 Å². The van der Waals surface area contributed by atoms with E-state index in [0.717, 1.165) is 11.9 Å². The maximum absolute atomic E-state index is 14.8. The van der Waals surface area contributed by atoms with Crippen molar-refractivity contribution in [3.63, 3.8) is 0 Å². The summed E-state index contributed by atoms with van der Waals surface area (Å²) in [5.41, 5.74) is 3.26. The van der Waals surface area contributed by atoms with Crippen molar-refractivity contribution in [1.82, 2.24) is 9.88 Å². The smallest absolute Gasteiger partial charge is 0.118 e. The Morgan fingerprint density at radius 2 is 1.85 bits per heavy atom. The maximum Gasteiger partial charge on any atom is 0.118 e. The number of aromatic nitrogens is 1. The van der Waals surface area contributed by atoms with Crippen LogP contribution < -0.4 is 0 Å². The number of benzene rings is 2. The van der Waals surface area contributed by atoms with Crippen molar-refractivity contribution in [1.29, 1.82) is 0 Å². The van der Waals surface area contributed by atoms with E-state index in [9.17, 15) is 4.39 Å². The molecule has 0 aliphatic carbocycles. The van der Waals surface area contributed by atoms with E-state index in [4.69, 9.17) is 0 Å². The molecule has 1 aliphatic rings. The summed E-state index contributed by atoms with van der Waals surface area (Å²) in [6.45, 7) is 8.21. The first kappa shape index (κ1) is 18.9. The Labute approximate surface area is 174 Å². The van der Waals surface area contributed by atoms with E-state index in [-0.39, 0.29) is 6.04 Å². The van der Waals surface area contributed by atoms with Crippen LogP contribution in [0.5, 0.6) is 0 Å². The summed E-state index contributed by atoms with van der Waals surface area (Å²) in [7, 11) is 0. The van der Waals surface area contributed by atoms with Gasteiger partial charge in [0.1, 0.15) is 5.67 Å². The van der Waals surface area contributed by atoms with E-state index in [1.807, 2.05) is 0 Å². The van der Waals surface area contributed by atoms with Gasteiger partial charge in [-0.3, -0.25) is 4.90 Å². The van der Waals surface area contributed by atoms with Crippen molar-refractivity contribution < 1.29 is 4.39 Å². The second-order valence-corrected chi connectivity index (χ2v) is 9.75. The van der Waals surface area contributed by atoms with Crippen molar-refractivity contribution in [2.24, 2.45) is 0 Å². The number of hydrogen-bond donors (Lipinski definition) is 1. The average molecular weight is 476 g/mol. The summed E-state index contributed by atoms with van der Waals surface area (Å²) in [5, 5.41) is 1.29. The highest BCUT2D eigenvalue weighted by Crippen LogP contribution is 2.46. The lowest BCUT2D eigenvalue weighted by molar-refractivity contribution is 0.0192. The first-order valence-electron chi connectivity index (χ1n) is 9.52. The summed E-state index contributed by atoms with van der Waals surface area (Å²) in [6.07, 6.45) is 0.926. The Kier molecular flexibility index (Phi) is 4.62. The Morgan fingerprint density at radius 3 is 2.52 bits per heavy atom. The van der Waals surface area contributed by atoms with Crippen molar-refractivity contribution >= 4 is 33.5 Å². The number of hydrogen-bond acceptors (Lipinski definition) is 1. The Balaban J connectivity index is 1.98. The van der Waals surface area contributed by atoms with Crippen LogP contribution in [0.25, 0.3) is 10.9 Å². The Morgan fingerprint density at radius 1 is 1.19 bits per heavy atom. The van der Waals surface area contributed by atoms with Gasteiger partial charge >= 0.3 is 0 Å². The molecule has 27 heavy (non-hydrogen) atoms. The zero-order valence-corrected chi connectivity index (χ0v) is 18.5. The molecule has 4 heteroatoms. The van der Waals surface area contributed by atoms with Crippen molar-refractivity contribution in [3.8, 4) is 0 Å². The molecule has 0 spiro atoms. The molecule has 142 valence electrons. The molecule has 0 radical (unpaired) electrons. The minimum absolute atomic E-state index is 0.246. The Bertz CT molecular complexity index is 970. The van der Waals surface area contributed by atoms with Gasteiger partial charge in [-0.1, -0.05) is 30.3 Å². The second-order valence-electron chi connectivity index (χ2n) is 8.50. The molecule has 2 aromatic carbocycles. The van der Waals surface area contributed by atoms with Gasteiger partial charge in [-0.25, -0.2) is 4.39 Å². The first-order chi connectivity index (χ1) is 12.7. The number of nitrogens with one attached hydrogen (secondary N) is 1. The fraction of sp³-hybridized carbons (Fsp3) is 0.391. The van der Waals surface area contributed by atoms with Crippen LogP contribution >= 0.6 is 22.6 Å². The van der Waals surface area contributed by atoms with Crippen LogP contribution in [0.15, 0.2) is 48.5 Å². The topological polar surface area (TPSA) is 19.0 Å². The van der Waals surface area contributed by atoms with Gasteiger partial charge in [0.2, 0.25) is 0 Å². The highest BCUT2D eigenvalue weighted by Gasteiger charge is 2.46. The minimum atomic E-state index is -1.26. The first-order valence-corrected chi connectivity index (χ1v) is 10.6. The number of alkyl halides is 1. The molecular weight excluding hydrogens is 450 g/mol. The molecule has 3 aromatic rings. The molecular formula is C23H26FIN2. The summed E-state index contributed by atoms with van der Waals surface area (Å²) in [5.74, 6) is 0. The molecule has 0 bridgehead atoms. The number of aromatic amines is 1. The number of para-hydroxylation sites is 1. The largest absolute Gasteiger partial charge is 0.356 e. The number of H-pyrrole nitrogens is 1.